The van der Waals surface area contributed by atoms with Gasteiger partial charge in [0.25, 0.3) is 0 Å². The number of hydrogen-bond acceptors (Lipinski definition) is 4. The topological polar surface area (TPSA) is 76.0 Å². The largest absolute Gasteiger partial charge is 0.477 e. The van der Waals surface area contributed by atoms with Gasteiger partial charge in [0, 0.05) is 62.0 Å². The first-order valence-corrected chi connectivity index (χ1v) is 10.6. The molecule has 195 valence electrons. The Morgan fingerprint density at radius 1 is 0.632 bits per heavy atom. The summed E-state index contributed by atoms with van der Waals surface area (Å²) >= 11 is 0. The molecular formula is C28H17F4IrN3O2-2. The Bertz CT molecular complexity index is 1320. The zero-order valence-corrected chi connectivity index (χ0v) is 21.7. The third kappa shape index (κ3) is 9.65. The molecule has 0 unspecified atom stereocenters. The van der Waals surface area contributed by atoms with Crippen molar-refractivity contribution in [3.05, 3.63) is 139 Å². The number of carboxylic acid groups (broad SMARTS) is 1. The second-order valence-corrected chi connectivity index (χ2v) is 7.07. The van der Waals surface area contributed by atoms with Gasteiger partial charge in [-0.3, -0.25) is 0 Å². The van der Waals surface area contributed by atoms with Crippen LogP contribution >= 0.6 is 0 Å². The first kappa shape index (κ1) is 30.0. The Kier molecular flexibility index (Phi) is 11.9. The molecule has 2 aromatic carbocycles. The Labute approximate surface area is 229 Å². The second kappa shape index (κ2) is 15.1. The molecular weight excluding hydrogens is 679 g/mol. The van der Waals surface area contributed by atoms with E-state index < -0.39 is 29.2 Å². The SMILES string of the molecule is Fc1[c-]c(-c2ccccn2)cc(F)c1.Fc1[c-]c(-c2ccccn2)cc(F)c1.O=C(O)c1ccccn1.[Ir]. The minimum atomic E-state index is -0.990. The van der Waals surface area contributed by atoms with E-state index in [-0.39, 0.29) is 25.8 Å². The average molecular weight is 696 g/mol. The molecule has 0 atom stereocenters. The van der Waals surface area contributed by atoms with Crippen LogP contribution in [0.15, 0.2) is 97.5 Å². The minimum Gasteiger partial charge on any atom is -0.477 e. The van der Waals surface area contributed by atoms with Gasteiger partial charge in [-0.1, -0.05) is 42.5 Å². The molecule has 1 radical (unpaired) electrons. The fourth-order valence-electron chi connectivity index (χ4n) is 2.81. The smallest absolute Gasteiger partial charge is 0.354 e. The van der Waals surface area contributed by atoms with Crippen molar-refractivity contribution in [1.82, 2.24) is 15.0 Å². The molecule has 0 aliphatic carbocycles. The van der Waals surface area contributed by atoms with Gasteiger partial charge in [0.1, 0.15) is 5.69 Å². The molecule has 5 nitrogen and oxygen atoms in total. The number of nitrogens with zero attached hydrogens (tertiary/aromatic N) is 3. The maximum absolute atomic E-state index is 12.8. The van der Waals surface area contributed by atoms with E-state index in [1.165, 1.54) is 24.4 Å². The standard InChI is InChI=1S/2C11H6F2N.C6H5NO2.Ir/c2*12-9-5-8(6-10(13)7-9)11-3-1-2-4-14-11;8-6(9)5-3-1-2-4-7-5;/h2*1-5,7H;1-4H,(H,8,9);/q2*-1;;. The van der Waals surface area contributed by atoms with E-state index >= 15 is 0 Å². The van der Waals surface area contributed by atoms with Crippen molar-refractivity contribution in [2.24, 2.45) is 0 Å². The molecule has 0 aliphatic heterocycles. The van der Waals surface area contributed by atoms with Crippen molar-refractivity contribution >= 4 is 5.97 Å². The summed E-state index contributed by atoms with van der Waals surface area (Å²) in [4.78, 5) is 21.7. The van der Waals surface area contributed by atoms with Crippen molar-refractivity contribution in [2.45, 2.75) is 0 Å². The van der Waals surface area contributed by atoms with Crippen LogP contribution in [0, 0.1) is 35.4 Å². The van der Waals surface area contributed by atoms with Crippen molar-refractivity contribution in [1.29, 1.82) is 0 Å². The van der Waals surface area contributed by atoms with Crippen molar-refractivity contribution in [3.63, 3.8) is 0 Å². The van der Waals surface area contributed by atoms with Crippen LogP contribution in [0.25, 0.3) is 22.5 Å². The molecule has 0 amide bonds. The number of hydrogen-bond donors (Lipinski definition) is 1. The van der Waals surface area contributed by atoms with Crippen LogP contribution in [0.2, 0.25) is 0 Å². The van der Waals surface area contributed by atoms with Crippen LogP contribution in [-0.4, -0.2) is 26.0 Å². The van der Waals surface area contributed by atoms with Gasteiger partial charge in [0.15, 0.2) is 0 Å². The predicted molar refractivity (Wildman–Crippen MR) is 128 cm³/mol. The fourth-order valence-corrected chi connectivity index (χ4v) is 2.81. The van der Waals surface area contributed by atoms with E-state index in [9.17, 15) is 22.4 Å². The van der Waals surface area contributed by atoms with Crippen LogP contribution in [0.4, 0.5) is 17.6 Å². The second-order valence-electron chi connectivity index (χ2n) is 7.07. The van der Waals surface area contributed by atoms with Gasteiger partial charge in [-0.25, -0.2) is 27.3 Å². The minimum absolute atomic E-state index is 0. The summed E-state index contributed by atoms with van der Waals surface area (Å²) < 4.78 is 51.2. The predicted octanol–water partition coefficient (Wildman–Crippen LogP) is 6.43. The molecule has 5 rings (SSSR count). The maximum Gasteiger partial charge on any atom is 0.354 e. The van der Waals surface area contributed by atoms with E-state index in [0.717, 1.165) is 12.1 Å². The molecule has 0 spiro atoms. The van der Waals surface area contributed by atoms with Crippen molar-refractivity contribution in [2.75, 3.05) is 0 Å². The van der Waals surface area contributed by atoms with Gasteiger partial charge in [-0.15, -0.1) is 35.4 Å². The number of halogens is 4. The normalized spacial score (nSPS) is 9.58. The van der Waals surface area contributed by atoms with Crippen LogP contribution < -0.4 is 0 Å². The number of aromatic carboxylic acids is 1. The van der Waals surface area contributed by atoms with Gasteiger partial charge in [-0.2, -0.15) is 0 Å². The van der Waals surface area contributed by atoms with Crippen molar-refractivity contribution < 1.29 is 47.6 Å². The fraction of sp³-hybridized carbons (Fsp3) is 0. The molecule has 0 saturated heterocycles. The maximum atomic E-state index is 12.8. The summed E-state index contributed by atoms with van der Waals surface area (Å²) in [6, 6.07) is 23.8. The van der Waals surface area contributed by atoms with Crippen LogP contribution in [0.5, 0.6) is 0 Å². The number of carbonyl (C=O) groups is 1. The zero-order valence-electron chi connectivity index (χ0n) is 19.3. The average Bonchev–Trinajstić information content (AvgIpc) is 2.90. The Balaban J connectivity index is 0.000000203. The number of aromatic nitrogens is 3. The summed E-state index contributed by atoms with van der Waals surface area (Å²) in [5.41, 5.74) is 1.74. The number of benzene rings is 2. The quantitative estimate of drug-likeness (QED) is 0.174. The third-order valence-electron chi connectivity index (χ3n) is 4.37. The van der Waals surface area contributed by atoms with Gasteiger partial charge in [0.2, 0.25) is 0 Å². The Hall–Kier alpha value is -4.27. The van der Waals surface area contributed by atoms with Crippen LogP contribution in [-0.2, 0) is 20.1 Å². The van der Waals surface area contributed by atoms with Crippen LogP contribution in [0.3, 0.4) is 0 Å². The Morgan fingerprint density at radius 3 is 1.34 bits per heavy atom. The van der Waals surface area contributed by atoms with Gasteiger partial charge >= 0.3 is 5.97 Å². The van der Waals surface area contributed by atoms with Gasteiger partial charge in [-0.05, 0) is 35.7 Å². The molecule has 10 heteroatoms. The van der Waals surface area contributed by atoms with Crippen LogP contribution in [0.1, 0.15) is 10.5 Å². The number of pyridine rings is 3. The number of rotatable bonds is 3. The molecule has 0 bridgehead atoms. The molecule has 3 heterocycles. The summed E-state index contributed by atoms with van der Waals surface area (Å²) in [6.07, 6.45) is 4.57. The first-order valence-electron chi connectivity index (χ1n) is 10.6. The monoisotopic (exact) mass is 696 g/mol. The summed E-state index contributed by atoms with van der Waals surface area (Å²) in [5.74, 6) is -3.67. The van der Waals surface area contributed by atoms with E-state index in [2.05, 4.69) is 27.1 Å². The van der Waals surface area contributed by atoms with E-state index in [1.807, 2.05) is 0 Å². The zero-order chi connectivity index (χ0) is 26.6. The molecule has 38 heavy (non-hydrogen) atoms. The Morgan fingerprint density at radius 2 is 1.05 bits per heavy atom. The van der Waals surface area contributed by atoms with E-state index in [0.29, 0.717) is 22.5 Å². The molecule has 1 N–H and O–H groups in total. The summed E-state index contributed by atoms with van der Waals surface area (Å²) in [5, 5.41) is 8.32. The molecule has 0 saturated carbocycles. The van der Waals surface area contributed by atoms with Crippen molar-refractivity contribution in [3.8, 4) is 22.5 Å². The molecule has 5 aromatic rings. The van der Waals surface area contributed by atoms with E-state index in [4.69, 9.17) is 5.11 Å². The molecule has 0 fully saturated rings. The summed E-state index contributed by atoms with van der Waals surface area (Å²) in [7, 11) is 0. The van der Waals surface area contributed by atoms with E-state index in [1.54, 1.807) is 60.9 Å². The first-order chi connectivity index (χ1) is 17.8. The molecule has 0 aliphatic rings. The molecule has 3 aromatic heterocycles. The third-order valence-corrected chi connectivity index (χ3v) is 4.37. The van der Waals surface area contributed by atoms with Gasteiger partial charge < -0.3 is 15.1 Å². The van der Waals surface area contributed by atoms with Gasteiger partial charge in [0.05, 0.1) is 0 Å². The number of carboxylic acids is 1. The summed E-state index contributed by atoms with van der Waals surface area (Å²) in [6.45, 7) is 0.